The van der Waals surface area contributed by atoms with Gasteiger partial charge in [0.25, 0.3) is 5.91 Å². The van der Waals surface area contributed by atoms with Gasteiger partial charge in [-0.2, -0.15) is 0 Å². The zero-order valence-electron chi connectivity index (χ0n) is 15.6. The van der Waals surface area contributed by atoms with Gasteiger partial charge in [0, 0.05) is 38.5 Å². The maximum atomic E-state index is 12.7. The molecule has 1 aromatic heterocycles. The van der Waals surface area contributed by atoms with E-state index in [1.807, 2.05) is 72.8 Å². The van der Waals surface area contributed by atoms with Crippen LogP contribution in [-0.4, -0.2) is 17.6 Å². The molecule has 3 aromatic carbocycles. The first-order chi connectivity index (χ1) is 14.2. The predicted octanol–water partition coefficient (Wildman–Crippen LogP) is 5.79. The van der Waals surface area contributed by atoms with E-state index >= 15 is 0 Å². The lowest BCUT2D eigenvalue weighted by molar-refractivity contribution is -0.110. The van der Waals surface area contributed by atoms with Crippen LogP contribution in [-0.2, 0) is 4.79 Å². The Balaban J connectivity index is 1.81. The summed E-state index contributed by atoms with van der Waals surface area (Å²) >= 11 is 6.18. The third kappa shape index (κ3) is 2.80. The van der Waals surface area contributed by atoms with E-state index in [0.717, 1.165) is 33.4 Å². The molecule has 4 nitrogen and oxygen atoms in total. The minimum absolute atomic E-state index is 0.152. The third-order valence-electron chi connectivity index (χ3n) is 5.13. The first kappa shape index (κ1) is 17.6. The smallest absolute Gasteiger partial charge is 0.256 e. The number of halogens is 1. The minimum atomic E-state index is -0.152. The molecule has 1 aliphatic heterocycles. The van der Waals surface area contributed by atoms with Crippen LogP contribution in [0.1, 0.15) is 11.1 Å². The van der Waals surface area contributed by atoms with Crippen molar-refractivity contribution in [3.63, 3.8) is 0 Å². The number of aromatic nitrogens is 1. The van der Waals surface area contributed by atoms with E-state index in [2.05, 4.69) is 9.88 Å². The Bertz CT molecular complexity index is 1290. The second-order valence-corrected chi connectivity index (χ2v) is 7.25. The number of amides is 1. The molecule has 0 bridgehead atoms. The molecule has 0 aliphatic carbocycles. The van der Waals surface area contributed by atoms with Crippen LogP contribution >= 0.6 is 11.6 Å². The lowest BCUT2D eigenvalue weighted by Crippen LogP contribution is -2.03. The molecule has 142 valence electrons. The van der Waals surface area contributed by atoms with Crippen molar-refractivity contribution in [1.82, 2.24) is 4.57 Å². The number of hydrogen-bond donors (Lipinski definition) is 1. The standard InChI is InChI=1S/C24H17ClN2O2/c1-29-24-20(14-19-18-13-15(25)11-12-21(18)26-23(19)28)17-9-5-6-10-22(17)27(24)16-7-3-2-4-8-16/h2-14H,1H3,(H,26,28)/b19-14+. The van der Waals surface area contributed by atoms with Crippen molar-refractivity contribution in [2.75, 3.05) is 12.4 Å². The number of ether oxygens (including phenoxy) is 1. The van der Waals surface area contributed by atoms with Gasteiger partial charge in [-0.25, -0.2) is 0 Å². The molecule has 0 atom stereocenters. The Hall–Kier alpha value is -3.50. The fourth-order valence-electron chi connectivity index (χ4n) is 3.86. The first-order valence-corrected chi connectivity index (χ1v) is 9.61. The van der Waals surface area contributed by atoms with Crippen LogP contribution in [0.2, 0.25) is 5.02 Å². The van der Waals surface area contributed by atoms with E-state index in [0.29, 0.717) is 16.5 Å². The van der Waals surface area contributed by atoms with Gasteiger partial charge in [0.15, 0.2) is 0 Å². The number of nitrogens with zero attached hydrogens (tertiary/aromatic N) is 1. The Labute approximate surface area is 173 Å². The van der Waals surface area contributed by atoms with Crippen molar-refractivity contribution in [2.24, 2.45) is 0 Å². The van der Waals surface area contributed by atoms with Crippen molar-refractivity contribution < 1.29 is 9.53 Å². The monoisotopic (exact) mass is 400 g/mol. The van der Waals surface area contributed by atoms with Gasteiger partial charge in [0.1, 0.15) is 0 Å². The van der Waals surface area contributed by atoms with Crippen molar-refractivity contribution >= 4 is 45.7 Å². The molecule has 1 amide bonds. The molecule has 0 saturated carbocycles. The SMILES string of the molecule is COc1c(/C=C2/C(=O)Nc3ccc(Cl)cc32)c2ccccc2n1-c1ccccc1. The van der Waals surface area contributed by atoms with Crippen LogP contribution in [0.4, 0.5) is 5.69 Å². The normalized spacial score (nSPS) is 14.3. The molecule has 0 fully saturated rings. The van der Waals surface area contributed by atoms with E-state index in [4.69, 9.17) is 16.3 Å². The van der Waals surface area contributed by atoms with E-state index in [9.17, 15) is 4.79 Å². The van der Waals surface area contributed by atoms with E-state index in [1.54, 1.807) is 13.2 Å². The minimum Gasteiger partial charge on any atom is -0.481 e. The molecule has 5 heteroatoms. The molecule has 0 spiro atoms. The summed E-state index contributed by atoms with van der Waals surface area (Å²) in [5.41, 5.74) is 4.97. The van der Waals surface area contributed by atoms with Crippen LogP contribution in [0.15, 0.2) is 72.8 Å². The first-order valence-electron chi connectivity index (χ1n) is 9.23. The Morgan fingerprint density at radius 3 is 2.55 bits per heavy atom. The average Bonchev–Trinajstić information content (AvgIpc) is 3.23. The summed E-state index contributed by atoms with van der Waals surface area (Å²) < 4.78 is 7.90. The van der Waals surface area contributed by atoms with Gasteiger partial charge in [-0.3, -0.25) is 9.36 Å². The molecule has 29 heavy (non-hydrogen) atoms. The highest BCUT2D eigenvalue weighted by Gasteiger charge is 2.26. The summed E-state index contributed by atoms with van der Waals surface area (Å²) in [6.07, 6.45) is 1.89. The maximum Gasteiger partial charge on any atom is 0.256 e. The number of para-hydroxylation sites is 2. The number of nitrogens with one attached hydrogen (secondary N) is 1. The zero-order chi connectivity index (χ0) is 20.0. The average molecular weight is 401 g/mol. The summed E-state index contributed by atoms with van der Waals surface area (Å²) in [4.78, 5) is 12.7. The summed E-state index contributed by atoms with van der Waals surface area (Å²) in [5.74, 6) is 0.522. The van der Waals surface area contributed by atoms with Crippen molar-refractivity contribution in [3.8, 4) is 11.6 Å². The highest BCUT2D eigenvalue weighted by molar-refractivity contribution is 6.37. The Kier molecular flexibility index (Phi) is 4.14. The Morgan fingerprint density at radius 2 is 1.76 bits per heavy atom. The van der Waals surface area contributed by atoms with Crippen LogP contribution in [0.25, 0.3) is 28.2 Å². The van der Waals surface area contributed by atoms with Gasteiger partial charge in [0.05, 0.1) is 12.6 Å². The van der Waals surface area contributed by atoms with Crippen LogP contribution < -0.4 is 10.1 Å². The molecular formula is C24H17ClN2O2. The lowest BCUT2D eigenvalue weighted by atomic mass is 10.0. The lowest BCUT2D eigenvalue weighted by Gasteiger charge is -2.10. The number of carbonyl (C=O) groups excluding carboxylic acids is 1. The molecule has 0 saturated heterocycles. The van der Waals surface area contributed by atoms with E-state index < -0.39 is 0 Å². The van der Waals surface area contributed by atoms with Crippen molar-refractivity contribution in [1.29, 1.82) is 0 Å². The quantitative estimate of drug-likeness (QED) is 0.442. The fraction of sp³-hybridized carbons (Fsp3) is 0.0417. The number of rotatable bonds is 3. The van der Waals surface area contributed by atoms with Crippen molar-refractivity contribution in [2.45, 2.75) is 0 Å². The van der Waals surface area contributed by atoms with Gasteiger partial charge < -0.3 is 10.1 Å². The fourth-order valence-corrected chi connectivity index (χ4v) is 4.04. The molecule has 0 radical (unpaired) electrons. The van der Waals surface area contributed by atoms with Gasteiger partial charge in [-0.15, -0.1) is 0 Å². The number of methoxy groups -OCH3 is 1. The summed E-state index contributed by atoms with van der Waals surface area (Å²) in [5, 5.41) is 4.50. The number of anilines is 1. The topological polar surface area (TPSA) is 43.3 Å². The molecule has 0 unspecified atom stereocenters. The largest absolute Gasteiger partial charge is 0.481 e. The van der Waals surface area contributed by atoms with Gasteiger partial charge in [0.2, 0.25) is 5.88 Å². The number of hydrogen-bond acceptors (Lipinski definition) is 2. The summed E-state index contributed by atoms with van der Waals surface area (Å²) in [6, 6.07) is 23.5. The summed E-state index contributed by atoms with van der Waals surface area (Å²) in [6.45, 7) is 0. The van der Waals surface area contributed by atoms with Crippen LogP contribution in [0.3, 0.4) is 0 Å². The second-order valence-electron chi connectivity index (χ2n) is 6.81. The highest BCUT2D eigenvalue weighted by Crippen LogP contribution is 2.40. The highest BCUT2D eigenvalue weighted by atomic mass is 35.5. The summed E-state index contributed by atoms with van der Waals surface area (Å²) in [7, 11) is 1.65. The molecule has 4 aromatic rings. The second kappa shape index (κ2) is 6.83. The van der Waals surface area contributed by atoms with Crippen molar-refractivity contribution in [3.05, 3.63) is 88.9 Å². The van der Waals surface area contributed by atoms with Crippen LogP contribution in [0.5, 0.6) is 5.88 Å². The molecule has 2 heterocycles. The molecule has 5 rings (SSSR count). The van der Waals surface area contributed by atoms with Gasteiger partial charge in [-0.05, 0) is 42.5 Å². The number of benzene rings is 3. The zero-order valence-corrected chi connectivity index (χ0v) is 16.4. The van der Waals surface area contributed by atoms with Gasteiger partial charge >= 0.3 is 0 Å². The van der Waals surface area contributed by atoms with Crippen LogP contribution in [0, 0.1) is 0 Å². The predicted molar refractivity (Wildman–Crippen MR) is 118 cm³/mol. The van der Waals surface area contributed by atoms with Gasteiger partial charge in [-0.1, -0.05) is 48.0 Å². The van der Waals surface area contributed by atoms with E-state index in [1.165, 1.54) is 0 Å². The molecular weight excluding hydrogens is 384 g/mol. The number of fused-ring (bicyclic) bond motifs is 2. The molecule has 1 aliphatic rings. The Morgan fingerprint density at radius 1 is 1.00 bits per heavy atom. The third-order valence-corrected chi connectivity index (χ3v) is 5.36. The molecule has 1 N–H and O–H groups in total. The maximum absolute atomic E-state index is 12.7. The number of carbonyl (C=O) groups is 1. The van der Waals surface area contributed by atoms with E-state index in [-0.39, 0.29) is 5.91 Å².